The highest BCUT2D eigenvalue weighted by atomic mass is 32.2. The number of carbonyl (C=O) groups is 1. The molecule has 2 rings (SSSR count). The van der Waals surface area contributed by atoms with Crippen LogP contribution in [0.5, 0.6) is 5.75 Å². The van der Waals surface area contributed by atoms with Crippen molar-refractivity contribution in [2.45, 2.75) is 26.7 Å². The third kappa shape index (κ3) is 4.48. The molecule has 1 heterocycles. The molecular formula is C17H26N2O4S. The first-order valence-corrected chi connectivity index (χ1v) is 9.87. The van der Waals surface area contributed by atoms with Gasteiger partial charge in [0.25, 0.3) is 0 Å². The van der Waals surface area contributed by atoms with Gasteiger partial charge < -0.3 is 9.64 Å². The van der Waals surface area contributed by atoms with Crippen LogP contribution in [-0.2, 0) is 21.2 Å². The summed E-state index contributed by atoms with van der Waals surface area (Å²) in [6, 6.07) is 5.78. The molecule has 0 aliphatic carbocycles. The number of rotatable bonds is 5. The predicted molar refractivity (Wildman–Crippen MR) is 93.7 cm³/mol. The van der Waals surface area contributed by atoms with E-state index >= 15 is 0 Å². The predicted octanol–water partition coefficient (Wildman–Crippen LogP) is 1.43. The molecule has 1 aliphatic heterocycles. The lowest BCUT2D eigenvalue weighted by atomic mass is 10.1. The maximum atomic E-state index is 12.6. The number of amides is 1. The Labute approximate surface area is 144 Å². The van der Waals surface area contributed by atoms with Gasteiger partial charge in [0.2, 0.25) is 15.9 Å². The summed E-state index contributed by atoms with van der Waals surface area (Å²) in [7, 11) is -1.60. The molecule has 1 aromatic carbocycles. The van der Waals surface area contributed by atoms with Crippen molar-refractivity contribution < 1.29 is 17.9 Å². The highest BCUT2D eigenvalue weighted by molar-refractivity contribution is 7.89. The lowest BCUT2D eigenvalue weighted by molar-refractivity contribution is -0.130. The van der Waals surface area contributed by atoms with E-state index in [0.29, 0.717) is 38.3 Å². The lowest BCUT2D eigenvalue weighted by Gasteiger charge is -2.22. The number of benzene rings is 1. The number of sulfonamides is 1. The number of aryl methyl sites for hydroxylation is 1. The van der Waals surface area contributed by atoms with Gasteiger partial charge in [-0.2, -0.15) is 0 Å². The highest BCUT2D eigenvalue weighted by Crippen LogP contribution is 2.21. The van der Waals surface area contributed by atoms with Gasteiger partial charge in [0.15, 0.2) is 0 Å². The number of methoxy groups -OCH3 is 1. The van der Waals surface area contributed by atoms with Crippen molar-refractivity contribution in [3.63, 3.8) is 0 Å². The Bertz CT molecular complexity index is 688. The zero-order valence-electron chi connectivity index (χ0n) is 14.6. The highest BCUT2D eigenvalue weighted by Gasteiger charge is 2.25. The van der Waals surface area contributed by atoms with E-state index < -0.39 is 10.0 Å². The summed E-state index contributed by atoms with van der Waals surface area (Å²) in [5, 5.41) is 0. The summed E-state index contributed by atoms with van der Waals surface area (Å²) in [4.78, 5) is 14.4. The van der Waals surface area contributed by atoms with E-state index in [1.54, 1.807) is 18.9 Å². The van der Waals surface area contributed by atoms with Crippen molar-refractivity contribution in [2.75, 3.05) is 39.0 Å². The van der Waals surface area contributed by atoms with Crippen LogP contribution in [0.15, 0.2) is 18.2 Å². The van der Waals surface area contributed by atoms with Crippen molar-refractivity contribution in [1.29, 1.82) is 0 Å². The Morgan fingerprint density at radius 3 is 2.62 bits per heavy atom. The maximum absolute atomic E-state index is 12.6. The molecule has 1 aromatic rings. The van der Waals surface area contributed by atoms with Crippen LogP contribution in [-0.4, -0.2) is 62.6 Å². The molecule has 0 N–H and O–H groups in total. The normalized spacial score (nSPS) is 16.7. The fraction of sp³-hybridized carbons (Fsp3) is 0.588. The molecule has 0 radical (unpaired) electrons. The van der Waals surface area contributed by atoms with Gasteiger partial charge in [0.1, 0.15) is 5.75 Å². The van der Waals surface area contributed by atoms with Crippen molar-refractivity contribution in [1.82, 2.24) is 9.21 Å². The van der Waals surface area contributed by atoms with E-state index in [0.717, 1.165) is 11.1 Å². The van der Waals surface area contributed by atoms with Gasteiger partial charge in [0, 0.05) is 31.7 Å². The van der Waals surface area contributed by atoms with Gasteiger partial charge in [-0.15, -0.1) is 0 Å². The third-order valence-electron chi connectivity index (χ3n) is 4.34. The molecule has 0 unspecified atom stereocenters. The molecule has 0 spiro atoms. The van der Waals surface area contributed by atoms with E-state index in [4.69, 9.17) is 4.74 Å². The van der Waals surface area contributed by atoms with Gasteiger partial charge >= 0.3 is 0 Å². The van der Waals surface area contributed by atoms with Crippen molar-refractivity contribution >= 4 is 15.9 Å². The molecule has 1 aliphatic rings. The van der Waals surface area contributed by atoms with Gasteiger partial charge in [-0.3, -0.25) is 4.79 Å². The topological polar surface area (TPSA) is 66.9 Å². The van der Waals surface area contributed by atoms with E-state index in [-0.39, 0.29) is 18.1 Å². The molecule has 1 saturated heterocycles. The molecule has 0 atom stereocenters. The summed E-state index contributed by atoms with van der Waals surface area (Å²) in [5.74, 6) is 0.815. The molecule has 134 valence electrons. The quantitative estimate of drug-likeness (QED) is 0.802. The third-order valence-corrected chi connectivity index (χ3v) is 6.22. The zero-order valence-corrected chi connectivity index (χ0v) is 15.4. The van der Waals surface area contributed by atoms with Crippen LogP contribution >= 0.6 is 0 Å². The van der Waals surface area contributed by atoms with Crippen LogP contribution in [0.2, 0.25) is 0 Å². The first-order chi connectivity index (χ1) is 11.4. The van der Waals surface area contributed by atoms with Gasteiger partial charge in [0.05, 0.1) is 19.3 Å². The fourth-order valence-electron chi connectivity index (χ4n) is 2.92. The number of hydrogen-bond acceptors (Lipinski definition) is 4. The number of carbonyl (C=O) groups excluding carboxylic acids is 1. The maximum Gasteiger partial charge on any atom is 0.227 e. The monoisotopic (exact) mass is 354 g/mol. The molecular weight excluding hydrogens is 328 g/mol. The van der Waals surface area contributed by atoms with E-state index in [1.165, 1.54) is 4.31 Å². The fourth-order valence-corrected chi connectivity index (χ4v) is 4.06. The average Bonchev–Trinajstić information content (AvgIpc) is 2.81. The number of hydrogen-bond donors (Lipinski definition) is 0. The summed E-state index contributed by atoms with van der Waals surface area (Å²) >= 11 is 0. The Morgan fingerprint density at radius 1 is 1.21 bits per heavy atom. The van der Waals surface area contributed by atoms with Crippen LogP contribution in [0.1, 0.15) is 24.5 Å². The minimum atomic E-state index is -3.19. The van der Waals surface area contributed by atoms with Crippen molar-refractivity contribution in [3.8, 4) is 5.75 Å². The lowest BCUT2D eigenvalue weighted by Crippen LogP contribution is -2.38. The van der Waals surface area contributed by atoms with Gasteiger partial charge in [-0.1, -0.05) is 17.7 Å². The minimum Gasteiger partial charge on any atom is -0.496 e. The summed E-state index contributed by atoms with van der Waals surface area (Å²) in [6.07, 6.45) is 0.932. The summed E-state index contributed by atoms with van der Waals surface area (Å²) < 4.78 is 30.8. The van der Waals surface area contributed by atoms with Crippen LogP contribution in [0, 0.1) is 6.92 Å². The average molecular weight is 354 g/mol. The smallest absolute Gasteiger partial charge is 0.227 e. The first kappa shape index (κ1) is 18.7. The van der Waals surface area contributed by atoms with Crippen LogP contribution < -0.4 is 4.74 Å². The first-order valence-electron chi connectivity index (χ1n) is 8.26. The Morgan fingerprint density at radius 2 is 1.96 bits per heavy atom. The molecule has 1 fully saturated rings. The van der Waals surface area contributed by atoms with Gasteiger partial charge in [-0.05, 0) is 26.3 Å². The molecule has 1 amide bonds. The molecule has 7 heteroatoms. The second-order valence-electron chi connectivity index (χ2n) is 6.03. The van der Waals surface area contributed by atoms with E-state index in [1.807, 2.05) is 25.1 Å². The van der Waals surface area contributed by atoms with Crippen LogP contribution in [0.4, 0.5) is 0 Å². The number of ether oxygens (including phenoxy) is 1. The van der Waals surface area contributed by atoms with Gasteiger partial charge in [-0.25, -0.2) is 12.7 Å². The summed E-state index contributed by atoms with van der Waals surface area (Å²) in [6.45, 7) is 5.50. The Balaban J connectivity index is 2.05. The summed E-state index contributed by atoms with van der Waals surface area (Å²) in [5.41, 5.74) is 1.94. The van der Waals surface area contributed by atoms with Crippen molar-refractivity contribution in [2.24, 2.45) is 0 Å². The second kappa shape index (κ2) is 7.98. The van der Waals surface area contributed by atoms with Crippen LogP contribution in [0.25, 0.3) is 0 Å². The molecule has 0 bridgehead atoms. The zero-order chi connectivity index (χ0) is 17.7. The molecule has 6 nitrogen and oxygen atoms in total. The standard InChI is InChI=1S/C17H26N2O4S/c1-4-24(21,22)19-9-5-8-18(10-11-19)17(20)13-15-12-14(2)6-7-16(15)23-3/h6-7,12H,4-5,8-11,13H2,1-3H3. The van der Waals surface area contributed by atoms with E-state index in [2.05, 4.69) is 0 Å². The largest absolute Gasteiger partial charge is 0.496 e. The Hall–Kier alpha value is -1.60. The van der Waals surface area contributed by atoms with Crippen molar-refractivity contribution in [3.05, 3.63) is 29.3 Å². The molecule has 24 heavy (non-hydrogen) atoms. The second-order valence-corrected chi connectivity index (χ2v) is 8.28. The molecule has 0 aromatic heterocycles. The Kier molecular flexibility index (Phi) is 6.23. The van der Waals surface area contributed by atoms with E-state index in [9.17, 15) is 13.2 Å². The number of nitrogens with zero attached hydrogens (tertiary/aromatic N) is 2. The molecule has 0 saturated carbocycles. The minimum absolute atomic E-state index is 0.00893. The SMILES string of the molecule is CCS(=O)(=O)N1CCCN(C(=O)Cc2cc(C)ccc2OC)CC1. The van der Waals surface area contributed by atoms with Crippen LogP contribution in [0.3, 0.4) is 0 Å².